The van der Waals surface area contributed by atoms with Crippen molar-refractivity contribution in [3.63, 3.8) is 0 Å². The number of likely N-dealkylation sites (tertiary alicyclic amines) is 1. The zero-order valence-electron chi connectivity index (χ0n) is 15.1. The molecule has 1 aliphatic rings. The molecule has 7 nitrogen and oxygen atoms in total. The van der Waals surface area contributed by atoms with Crippen LogP contribution in [0.3, 0.4) is 0 Å². The molecule has 0 amide bonds. The van der Waals surface area contributed by atoms with Gasteiger partial charge in [0.05, 0.1) is 11.7 Å². The standard InChI is InChI=1S/C20H20N6O/c1-14-7-8-18-22-15(13-26(18)11-14)12-25-10-4-6-17(25)20-23-19(24-27-20)16-5-2-3-9-21-16/h2-3,5,7-9,11,13,17H,4,6,10,12H2,1H3/t17-/m0/s1. The average molecular weight is 360 g/mol. The summed E-state index contributed by atoms with van der Waals surface area (Å²) in [6.45, 7) is 3.86. The van der Waals surface area contributed by atoms with E-state index >= 15 is 0 Å². The van der Waals surface area contributed by atoms with Crippen molar-refractivity contribution in [1.82, 2.24) is 29.4 Å². The molecule has 4 aromatic heterocycles. The van der Waals surface area contributed by atoms with Crippen molar-refractivity contribution in [2.45, 2.75) is 32.4 Å². The molecule has 5 heterocycles. The lowest BCUT2D eigenvalue weighted by Crippen LogP contribution is -2.23. The van der Waals surface area contributed by atoms with Crippen LogP contribution < -0.4 is 0 Å². The molecule has 0 saturated carbocycles. The molecule has 5 rings (SSSR count). The molecule has 136 valence electrons. The molecule has 27 heavy (non-hydrogen) atoms. The van der Waals surface area contributed by atoms with Gasteiger partial charge in [0.15, 0.2) is 0 Å². The van der Waals surface area contributed by atoms with Gasteiger partial charge in [0.2, 0.25) is 11.7 Å². The van der Waals surface area contributed by atoms with Crippen LogP contribution >= 0.6 is 0 Å². The van der Waals surface area contributed by atoms with E-state index in [1.807, 2.05) is 18.2 Å². The lowest BCUT2D eigenvalue weighted by atomic mass is 10.2. The van der Waals surface area contributed by atoms with Crippen LogP contribution in [0.5, 0.6) is 0 Å². The topological polar surface area (TPSA) is 72.3 Å². The molecule has 7 heteroatoms. The molecule has 0 bridgehead atoms. The molecule has 1 aliphatic heterocycles. The van der Waals surface area contributed by atoms with Crippen molar-refractivity contribution in [1.29, 1.82) is 0 Å². The second-order valence-corrected chi connectivity index (χ2v) is 7.00. The number of hydrogen-bond acceptors (Lipinski definition) is 6. The van der Waals surface area contributed by atoms with Crippen LogP contribution in [0.25, 0.3) is 17.2 Å². The maximum absolute atomic E-state index is 5.58. The van der Waals surface area contributed by atoms with Gasteiger partial charge >= 0.3 is 0 Å². The summed E-state index contributed by atoms with van der Waals surface area (Å²) in [5.41, 5.74) is 3.98. The number of imidazole rings is 1. The molecule has 0 radical (unpaired) electrons. The van der Waals surface area contributed by atoms with E-state index in [0.717, 1.165) is 43.0 Å². The number of hydrogen-bond donors (Lipinski definition) is 0. The summed E-state index contributed by atoms with van der Waals surface area (Å²) in [7, 11) is 0. The number of fused-ring (bicyclic) bond motifs is 1. The van der Waals surface area contributed by atoms with Crippen LogP contribution in [-0.2, 0) is 6.54 Å². The van der Waals surface area contributed by atoms with E-state index in [9.17, 15) is 0 Å². The lowest BCUT2D eigenvalue weighted by molar-refractivity contribution is 0.199. The van der Waals surface area contributed by atoms with Crippen molar-refractivity contribution in [3.8, 4) is 11.5 Å². The van der Waals surface area contributed by atoms with Crippen molar-refractivity contribution in [3.05, 3.63) is 66.1 Å². The normalized spacial score (nSPS) is 17.7. The van der Waals surface area contributed by atoms with Gasteiger partial charge in [-0.05, 0) is 50.1 Å². The van der Waals surface area contributed by atoms with Gasteiger partial charge in [0.25, 0.3) is 0 Å². The van der Waals surface area contributed by atoms with Crippen LogP contribution in [0.4, 0.5) is 0 Å². The van der Waals surface area contributed by atoms with E-state index in [2.05, 4.69) is 55.9 Å². The lowest BCUT2D eigenvalue weighted by Gasteiger charge is -2.19. The molecular formula is C20H20N6O. The highest BCUT2D eigenvalue weighted by atomic mass is 16.5. The number of pyridine rings is 2. The number of aromatic nitrogens is 5. The quantitative estimate of drug-likeness (QED) is 0.555. The molecule has 4 aromatic rings. The average Bonchev–Trinajstić information content (AvgIpc) is 3.41. The summed E-state index contributed by atoms with van der Waals surface area (Å²) in [6.07, 6.45) is 8.06. The first-order valence-corrected chi connectivity index (χ1v) is 9.19. The maximum Gasteiger partial charge on any atom is 0.244 e. The van der Waals surface area contributed by atoms with Crippen LogP contribution in [0.2, 0.25) is 0 Å². The molecular weight excluding hydrogens is 340 g/mol. The minimum absolute atomic E-state index is 0.126. The predicted octanol–water partition coefficient (Wildman–Crippen LogP) is 3.42. The van der Waals surface area contributed by atoms with Gasteiger partial charge in [0.1, 0.15) is 11.3 Å². The highest BCUT2D eigenvalue weighted by molar-refractivity contribution is 5.47. The van der Waals surface area contributed by atoms with Crippen LogP contribution in [0.1, 0.15) is 36.0 Å². The Morgan fingerprint density at radius 3 is 3.00 bits per heavy atom. The second-order valence-electron chi connectivity index (χ2n) is 7.00. The third kappa shape index (κ3) is 3.10. The summed E-state index contributed by atoms with van der Waals surface area (Å²) >= 11 is 0. The van der Waals surface area contributed by atoms with Gasteiger partial charge in [-0.3, -0.25) is 9.88 Å². The molecule has 0 unspecified atom stereocenters. The smallest absolute Gasteiger partial charge is 0.244 e. The van der Waals surface area contributed by atoms with E-state index in [0.29, 0.717) is 11.7 Å². The van der Waals surface area contributed by atoms with Crippen molar-refractivity contribution in [2.24, 2.45) is 0 Å². The van der Waals surface area contributed by atoms with E-state index in [1.54, 1.807) is 6.20 Å². The predicted molar refractivity (Wildman–Crippen MR) is 99.8 cm³/mol. The number of rotatable bonds is 4. The third-order valence-electron chi connectivity index (χ3n) is 5.00. The van der Waals surface area contributed by atoms with Gasteiger partial charge in [-0.2, -0.15) is 4.98 Å². The largest absolute Gasteiger partial charge is 0.337 e. The van der Waals surface area contributed by atoms with Crippen molar-refractivity contribution >= 4 is 5.65 Å². The van der Waals surface area contributed by atoms with Gasteiger partial charge in [-0.15, -0.1) is 0 Å². The van der Waals surface area contributed by atoms with Gasteiger partial charge < -0.3 is 8.92 Å². The Bertz CT molecular complexity index is 1070. The van der Waals surface area contributed by atoms with E-state index < -0.39 is 0 Å². The summed E-state index contributed by atoms with van der Waals surface area (Å²) in [6, 6.07) is 9.95. The second kappa shape index (κ2) is 6.59. The Hall–Kier alpha value is -3.06. The molecule has 0 aromatic carbocycles. The van der Waals surface area contributed by atoms with E-state index in [-0.39, 0.29) is 6.04 Å². The maximum atomic E-state index is 5.58. The summed E-state index contributed by atoms with van der Waals surface area (Å²) in [4.78, 5) is 16.0. The number of aryl methyl sites for hydroxylation is 1. The minimum Gasteiger partial charge on any atom is -0.337 e. The van der Waals surface area contributed by atoms with Crippen molar-refractivity contribution in [2.75, 3.05) is 6.54 Å². The molecule has 1 fully saturated rings. The zero-order chi connectivity index (χ0) is 18.2. The molecule has 0 aliphatic carbocycles. The Morgan fingerprint density at radius 2 is 2.11 bits per heavy atom. The number of nitrogens with zero attached hydrogens (tertiary/aromatic N) is 6. The highest BCUT2D eigenvalue weighted by Gasteiger charge is 2.31. The summed E-state index contributed by atoms with van der Waals surface area (Å²) in [5.74, 6) is 1.20. The Labute approximate surface area is 156 Å². The fourth-order valence-corrected chi connectivity index (χ4v) is 3.70. The van der Waals surface area contributed by atoms with Gasteiger partial charge in [-0.1, -0.05) is 17.3 Å². The fraction of sp³-hybridized carbons (Fsp3) is 0.300. The van der Waals surface area contributed by atoms with E-state index in [1.165, 1.54) is 5.56 Å². The first kappa shape index (κ1) is 16.1. The Morgan fingerprint density at radius 1 is 1.15 bits per heavy atom. The van der Waals surface area contributed by atoms with Gasteiger partial charge in [0, 0.05) is 25.1 Å². The molecule has 0 N–H and O–H groups in total. The summed E-state index contributed by atoms with van der Waals surface area (Å²) in [5, 5.41) is 4.12. The molecule has 1 atom stereocenters. The SMILES string of the molecule is Cc1ccc2nc(CN3CCC[C@H]3c3nc(-c4ccccn4)no3)cn2c1. The molecule has 1 saturated heterocycles. The van der Waals surface area contributed by atoms with Crippen LogP contribution in [-0.4, -0.2) is 36.0 Å². The fourth-order valence-electron chi connectivity index (χ4n) is 3.70. The first-order valence-electron chi connectivity index (χ1n) is 9.19. The van der Waals surface area contributed by atoms with Crippen molar-refractivity contribution < 1.29 is 4.52 Å². The van der Waals surface area contributed by atoms with Gasteiger partial charge in [-0.25, -0.2) is 4.98 Å². The Kier molecular flexibility index (Phi) is 3.94. The van der Waals surface area contributed by atoms with Crippen LogP contribution in [0.15, 0.2) is 53.4 Å². The third-order valence-corrected chi connectivity index (χ3v) is 5.00. The molecule has 0 spiro atoms. The highest BCUT2D eigenvalue weighted by Crippen LogP contribution is 2.33. The van der Waals surface area contributed by atoms with E-state index in [4.69, 9.17) is 9.51 Å². The van der Waals surface area contributed by atoms with Crippen LogP contribution in [0, 0.1) is 6.92 Å². The Balaban J connectivity index is 1.38. The zero-order valence-corrected chi connectivity index (χ0v) is 15.1. The first-order chi connectivity index (χ1) is 13.3. The summed E-state index contributed by atoms with van der Waals surface area (Å²) < 4.78 is 7.66. The minimum atomic E-state index is 0.126. The monoisotopic (exact) mass is 360 g/mol.